The molecule has 20 heavy (non-hydrogen) atoms. The minimum Gasteiger partial charge on any atom is -0.352 e. The van der Waals surface area contributed by atoms with Gasteiger partial charge in [-0.25, -0.2) is 4.39 Å². The highest BCUT2D eigenvalue weighted by Crippen LogP contribution is 2.41. The molecule has 6 heteroatoms. The largest absolute Gasteiger partial charge is 0.352 e. The fourth-order valence-electron chi connectivity index (χ4n) is 2.22. The van der Waals surface area contributed by atoms with Crippen molar-refractivity contribution in [3.8, 4) is 0 Å². The molecule has 1 N–H and O–H groups in total. The van der Waals surface area contributed by atoms with Gasteiger partial charge in [-0.2, -0.15) is 0 Å². The van der Waals surface area contributed by atoms with E-state index in [-0.39, 0.29) is 28.8 Å². The maximum atomic E-state index is 13.4. The third kappa shape index (κ3) is 3.79. The zero-order chi connectivity index (χ0) is 14.9. The minimum absolute atomic E-state index is 0.0378. The van der Waals surface area contributed by atoms with Crippen LogP contribution in [0, 0.1) is 11.7 Å². The Morgan fingerprint density at radius 3 is 2.90 bits per heavy atom. The van der Waals surface area contributed by atoms with Crippen LogP contribution in [-0.2, 0) is 15.6 Å². The molecule has 2 rings (SSSR count). The van der Waals surface area contributed by atoms with Crippen molar-refractivity contribution in [2.75, 3.05) is 12.0 Å². The lowest BCUT2D eigenvalue weighted by Crippen LogP contribution is -2.34. The van der Waals surface area contributed by atoms with Crippen molar-refractivity contribution < 1.29 is 13.4 Å². The van der Waals surface area contributed by atoms with E-state index >= 15 is 0 Å². The maximum Gasteiger partial charge on any atom is 0.223 e. The van der Waals surface area contributed by atoms with Gasteiger partial charge < -0.3 is 5.32 Å². The van der Waals surface area contributed by atoms with Crippen molar-refractivity contribution in [1.82, 2.24) is 5.32 Å². The van der Waals surface area contributed by atoms with Gasteiger partial charge >= 0.3 is 0 Å². The second kappa shape index (κ2) is 6.22. The van der Waals surface area contributed by atoms with Gasteiger partial charge in [0.05, 0.1) is 5.02 Å². The summed E-state index contributed by atoms with van der Waals surface area (Å²) in [5, 5.41) is 3.02. The molecular formula is C14H17ClFNO2S. The first kappa shape index (κ1) is 15.4. The summed E-state index contributed by atoms with van der Waals surface area (Å²) in [6.07, 6.45) is 2.38. The van der Waals surface area contributed by atoms with Crippen molar-refractivity contribution in [1.29, 1.82) is 0 Å². The minimum atomic E-state index is -0.986. The molecule has 1 aliphatic rings. The summed E-state index contributed by atoms with van der Waals surface area (Å²) < 4.78 is 24.5. The van der Waals surface area contributed by atoms with Crippen LogP contribution in [0.1, 0.15) is 24.8 Å². The predicted octanol–water partition coefficient (Wildman–Crippen LogP) is 2.47. The molecule has 0 bridgehead atoms. The van der Waals surface area contributed by atoms with E-state index in [9.17, 15) is 13.4 Å². The molecule has 0 heterocycles. The highest BCUT2D eigenvalue weighted by Gasteiger charge is 2.40. The Morgan fingerprint density at radius 2 is 2.30 bits per heavy atom. The van der Waals surface area contributed by atoms with Crippen LogP contribution in [0.3, 0.4) is 0 Å². The Kier molecular flexibility index (Phi) is 4.81. The molecule has 3 nitrogen and oxygen atoms in total. The summed E-state index contributed by atoms with van der Waals surface area (Å²) >= 11 is 5.64. The number of halogens is 2. The van der Waals surface area contributed by atoms with Gasteiger partial charge in [0.2, 0.25) is 5.91 Å². The highest BCUT2D eigenvalue weighted by molar-refractivity contribution is 7.84. The molecule has 0 unspecified atom stereocenters. The van der Waals surface area contributed by atoms with E-state index in [2.05, 4.69) is 5.32 Å². The second-order valence-electron chi connectivity index (χ2n) is 5.27. The van der Waals surface area contributed by atoms with Crippen LogP contribution in [0.15, 0.2) is 18.2 Å². The zero-order valence-electron chi connectivity index (χ0n) is 11.4. The Morgan fingerprint density at radius 1 is 1.60 bits per heavy atom. The van der Waals surface area contributed by atoms with E-state index < -0.39 is 16.6 Å². The molecule has 0 spiro atoms. The number of hydrogen-bond donors (Lipinski definition) is 1. The molecule has 0 aliphatic heterocycles. The number of carbonyl (C=O) groups excluding carboxylic acids is 1. The van der Waals surface area contributed by atoms with Crippen LogP contribution in [0.5, 0.6) is 0 Å². The van der Waals surface area contributed by atoms with Crippen molar-refractivity contribution in [2.45, 2.75) is 25.3 Å². The van der Waals surface area contributed by atoms with E-state index in [4.69, 9.17) is 11.6 Å². The molecule has 110 valence electrons. The van der Waals surface area contributed by atoms with Crippen LogP contribution >= 0.6 is 11.6 Å². The molecule has 0 aromatic heterocycles. The zero-order valence-corrected chi connectivity index (χ0v) is 12.9. The van der Waals surface area contributed by atoms with Crippen LogP contribution in [-0.4, -0.2) is 28.2 Å². The van der Waals surface area contributed by atoms with E-state index in [1.807, 2.05) is 0 Å². The summed E-state index contributed by atoms with van der Waals surface area (Å²) in [6.45, 7) is 1.76. The molecule has 1 fully saturated rings. The van der Waals surface area contributed by atoms with Crippen LogP contribution in [0.4, 0.5) is 4.39 Å². The smallest absolute Gasteiger partial charge is 0.223 e. The standard InChI is InChI=1S/C14H17ClFNO2S/c1-8(7-20(2)19)14(18)17-13-6-10(13)9-3-4-11(15)12(16)5-9/h3-5,8,10,13H,6-7H2,1-2H3,(H,17,18)/t8-,10+,13-,20+/m1/s1. The van der Waals surface area contributed by atoms with Crippen LogP contribution in [0.2, 0.25) is 5.02 Å². The summed E-state index contributed by atoms with van der Waals surface area (Å²) in [7, 11) is -0.986. The lowest BCUT2D eigenvalue weighted by molar-refractivity contribution is -0.124. The third-order valence-electron chi connectivity index (χ3n) is 3.42. The first-order valence-corrected chi connectivity index (χ1v) is 8.54. The van der Waals surface area contributed by atoms with E-state index in [0.717, 1.165) is 12.0 Å². The summed E-state index contributed by atoms with van der Waals surface area (Å²) in [5.41, 5.74) is 0.851. The fourth-order valence-corrected chi connectivity index (χ4v) is 3.19. The van der Waals surface area contributed by atoms with Gasteiger partial charge in [-0.1, -0.05) is 24.6 Å². The second-order valence-corrected chi connectivity index (χ2v) is 7.16. The Labute approximate surface area is 125 Å². The lowest BCUT2D eigenvalue weighted by atomic mass is 10.1. The lowest BCUT2D eigenvalue weighted by Gasteiger charge is -2.10. The molecule has 1 aromatic rings. The number of carbonyl (C=O) groups is 1. The number of amides is 1. The molecule has 0 radical (unpaired) electrons. The highest BCUT2D eigenvalue weighted by atomic mass is 35.5. The van der Waals surface area contributed by atoms with Gasteiger partial charge in [-0.05, 0) is 24.1 Å². The Bertz CT molecular complexity index is 552. The van der Waals surface area contributed by atoms with Crippen molar-refractivity contribution in [3.63, 3.8) is 0 Å². The molecule has 1 saturated carbocycles. The van der Waals surface area contributed by atoms with Crippen molar-refractivity contribution in [2.24, 2.45) is 5.92 Å². The van der Waals surface area contributed by atoms with Gasteiger partial charge in [-0.3, -0.25) is 9.00 Å². The number of hydrogen-bond acceptors (Lipinski definition) is 2. The normalized spacial score (nSPS) is 24.0. The summed E-state index contributed by atoms with van der Waals surface area (Å²) in [6, 6.07) is 4.78. The van der Waals surface area contributed by atoms with Gasteiger partial charge in [0, 0.05) is 40.7 Å². The summed E-state index contributed by atoms with van der Waals surface area (Å²) in [5.74, 6) is -0.300. The molecule has 1 amide bonds. The quantitative estimate of drug-likeness (QED) is 0.907. The first-order valence-electron chi connectivity index (χ1n) is 6.44. The predicted molar refractivity (Wildman–Crippen MR) is 78.8 cm³/mol. The number of rotatable bonds is 5. The van der Waals surface area contributed by atoms with Crippen molar-refractivity contribution in [3.05, 3.63) is 34.6 Å². The number of nitrogens with one attached hydrogen (secondary N) is 1. The molecular weight excluding hydrogens is 301 g/mol. The Hall–Kier alpha value is -0.940. The summed E-state index contributed by atoms with van der Waals surface area (Å²) in [4.78, 5) is 11.9. The average molecular weight is 318 g/mol. The van der Waals surface area contributed by atoms with E-state index in [0.29, 0.717) is 5.75 Å². The topological polar surface area (TPSA) is 46.2 Å². The van der Waals surface area contributed by atoms with Gasteiger partial charge in [0.15, 0.2) is 0 Å². The van der Waals surface area contributed by atoms with Crippen LogP contribution < -0.4 is 5.32 Å². The number of benzene rings is 1. The molecule has 1 aliphatic carbocycles. The van der Waals surface area contributed by atoms with Crippen molar-refractivity contribution >= 4 is 28.3 Å². The van der Waals surface area contributed by atoms with E-state index in [1.54, 1.807) is 19.2 Å². The molecule has 1 aromatic carbocycles. The SMILES string of the molecule is C[C@H](C[S@](C)=O)C(=O)N[C@@H]1C[C@H]1c1ccc(Cl)c(F)c1. The van der Waals surface area contributed by atoms with Gasteiger partial charge in [0.25, 0.3) is 0 Å². The van der Waals surface area contributed by atoms with Gasteiger partial charge in [0.1, 0.15) is 5.82 Å². The first-order chi connectivity index (χ1) is 9.38. The average Bonchev–Trinajstić information content (AvgIpc) is 3.11. The van der Waals surface area contributed by atoms with Gasteiger partial charge in [-0.15, -0.1) is 0 Å². The third-order valence-corrected chi connectivity index (χ3v) is 4.70. The fraction of sp³-hybridized carbons (Fsp3) is 0.500. The molecule has 0 saturated heterocycles. The van der Waals surface area contributed by atoms with E-state index in [1.165, 1.54) is 12.1 Å². The molecule has 4 atom stereocenters. The maximum absolute atomic E-state index is 13.4. The Balaban J connectivity index is 1.90. The monoisotopic (exact) mass is 317 g/mol. The van der Waals surface area contributed by atoms with Crippen LogP contribution in [0.25, 0.3) is 0 Å².